The SMILES string of the molecule is CCN1N=C(C)c2ccc3c4c(ccc1c24)CC3. The van der Waals surface area contributed by atoms with Gasteiger partial charge in [-0.3, -0.25) is 5.01 Å². The van der Waals surface area contributed by atoms with Crippen LogP contribution in [0.3, 0.4) is 0 Å². The zero-order chi connectivity index (χ0) is 12.3. The van der Waals surface area contributed by atoms with E-state index in [2.05, 4.69) is 43.1 Å². The summed E-state index contributed by atoms with van der Waals surface area (Å²) in [5.41, 5.74) is 6.76. The standard InChI is InChI=1S/C16H16N2/c1-3-18-14-9-7-12-5-4-11-6-8-13(10(2)17-18)16(14)15(11)12/h6-9H,3-5H2,1-2H3. The number of hydrogen-bond donors (Lipinski definition) is 0. The zero-order valence-corrected chi connectivity index (χ0v) is 10.8. The minimum atomic E-state index is 0.926. The highest BCUT2D eigenvalue weighted by atomic mass is 15.5. The van der Waals surface area contributed by atoms with Crippen molar-refractivity contribution < 1.29 is 0 Å². The van der Waals surface area contributed by atoms with E-state index in [1.165, 1.54) is 46.0 Å². The lowest BCUT2D eigenvalue weighted by Crippen LogP contribution is -2.22. The van der Waals surface area contributed by atoms with E-state index in [0.717, 1.165) is 12.3 Å². The van der Waals surface area contributed by atoms with E-state index in [9.17, 15) is 0 Å². The second-order valence-electron chi connectivity index (χ2n) is 5.17. The van der Waals surface area contributed by atoms with Crippen molar-refractivity contribution in [2.24, 2.45) is 5.10 Å². The van der Waals surface area contributed by atoms with Crippen LogP contribution in [0, 0.1) is 0 Å². The molecular formula is C16H16N2. The molecule has 1 aliphatic carbocycles. The van der Waals surface area contributed by atoms with Crippen LogP contribution in [-0.2, 0) is 12.8 Å². The average molecular weight is 236 g/mol. The summed E-state index contributed by atoms with van der Waals surface area (Å²) in [5, 5.41) is 9.75. The first-order chi connectivity index (χ1) is 8.79. The fraction of sp³-hybridized carbons (Fsp3) is 0.312. The summed E-state index contributed by atoms with van der Waals surface area (Å²) in [5.74, 6) is 0. The molecule has 0 fully saturated rings. The third kappa shape index (κ3) is 1.10. The van der Waals surface area contributed by atoms with Gasteiger partial charge in [-0.05, 0) is 49.3 Å². The molecule has 0 spiro atoms. The van der Waals surface area contributed by atoms with Crippen molar-refractivity contribution in [2.45, 2.75) is 26.7 Å². The van der Waals surface area contributed by atoms with E-state index in [-0.39, 0.29) is 0 Å². The maximum atomic E-state index is 4.70. The molecule has 0 aromatic heterocycles. The average Bonchev–Trinajstić information content (AvgIpc) is 2.82. The van der Waals surface area contributed by atoms with E-state index >= 15 is 0 Å². The van der Waals surface area contributed by atoms with Crippen LogP contribution in [0.25, 0.3) is 10.8 Å². The van der Waals surface area contributed by atoms with Crippen molar-refractivity contribution in [3.63, 3.8) is 0 Å². The summed E-state index contributed by atoms with van der Waals surface area (Å²) < 4.78 is 0. The Morgan fingerprint density at radius 2 is 1.78 bits per heavy atom. The van der Waals surface area contributed by atoms with Gasteiger partial charge in [0.15, 0.2) is 0 Å². The van der Waals surface area contributed by atoms with Gasteiger partial charge in [0.05, 0.1) is 11.4 Å². The molecule has 18 heavy (non-hydrogen) atoms. The van der Waals surface area contributed by atoms with E-state index in [1.807, 2.05) is 0 Å². The Hall–Kier alpha value is -1.83. The first kappa shape index (κ1) is 10.1. The fourth-order valence-electron chi connectivity index (χ4n) is 3.36. The van der Waals surface area contributed by atoms with Gasteiger partial charge in [-0.1, -0.05) is 18.2 Å². The van der Waals surface area contributed by atoms with Crippen molar-refractivity contribution in [3.8, 4) is 0 Å². The van der Waals surface area contributed by atoms with Crippen molar-refractivity contribution in [2.75, 3.05) is 11.6 Å². The van der Waals surface area contributed by atoms with Gasteiger partial charge in [-0.15, -0.1) is 0 Å². The van der Waals surface area contributed by atoms with Crippen molar-refractivity contribution in [1.82, 2.24) is 0 Å². The quantitative estimate of drug-likeness (QED) is 0.740. The maximum absolute atomic E-state index is 4.70. The van der Waals surface area contributed by atoms with Crippen LogP contribution in [0.4, 0.5) is 5.69 Å². The number of rotatable bonds is 1. The smallest absolute Gasteiger partial charge is 0.0679 e. The first-order valence-electron chi connectivity index (χ1n) is 6.70. The Morgan fingerprint density at radius 3 is 2.50 bits per heavy atom. The Balaban J connectivity index is 2.19. The molecule has 1 aliphatic heterocycles. The lowest BCUT2D eigenvalue weighted by Gasteiger charge is -2.26. The Bertz CT molecular complexity index is 688. The molecule has 0 amide bonds. The van der Waals surface area contributed by atoms with Crippen LogP contribution in [0.15, 0.2) is 29.4 Å². The lowest BCUT2D eigenvalue weighted by atomic mass is 9.95. The van der Waals surface area contributed by atoms with Gasteiger partial charge in [0, 0.05) is 17.5 Å². The van der Waals surface area contributed by atoms with Crippen LogP contribution in [-0.4, -0.2) is 12.3 Å². The monoisotopic (exact) mass is 236 g/mol. The molecule has 2 aromatic rings. The second-order valence-corrected chi connectivity index (χ2v) is 5.17. The van der Waals surface area contributed by atoms with Gasteiger partial charge in [0.2, 0.25) is 0 Å². The number of nitrogens with zero attached hydrogens (tertiary/aromatic N) is 2. The van der Waals surface area contributed by atoms with Gasteiger partial charge >= 0.3 is 0 Å². The largest absolute Gasteiger partial charge is 0.265 e. The summed E-state index contributed by atoms with van der Waals surface area (Å²) in [7, 11) is 0. The summed E-state index contributed by atoms with van der Waals surface area (Å²) in [6.45, 7) is 5.20. The normalized spacial score (nSPS) is 16.3. The molecule has 1 heterocycles. The van der Waals surface area contributed by atoms with Crippen LogP contribution >= 0.6 is 0 Å². The zero-order valence-electron chi connectivity index (χ0n) is 10.8. The van der Waals surface area contributed by atoms with Crippen LogP contribution in [0.2, 0.25) is 0 Å². The second kappa shape index (κ2) is 3.35. The molecular weight excluding hydrogens is 220 g/mol. The number of anilines is 1. The maximum Gasteiger partial charge on any atom is 0.0679 e. The molecule has 0 radical (unpaired) electrons. The highest BCUT2D eigenvalue weighted by Crippen LogP contribution is 2.40. The Morgan fingerprint density at radius 1 is 1.06 bits per heavy atom. The van der Waals surface area contributed by atoms with Crippen LogP contribution < -0.4 is 5.01 Å². The van der Waals surface area contributed by atoms with Gasteiger partial charge in [0.1, 0.15) is 0 Å². The molecule has 4 rings (SSSR count). The van der Waals surface area contributed by atoms with E-state index in [4.69, 9.17) is 5.10 Å². The molecule has 0 saturated carbocycles. The molecule has 2 nitrogen and oxygen atoms in total. The van der Waals surface area contributed by atoms with Gasteiger partial charge in [-0.25, -0.2) is 0 Å². The molecule has 2 aromatic carbocycles. The summed E-state index contributed by atoms with van der Waals surface area (Å²) in [6, 6.07) is 9.08. The highest BCUT2D eigenvalue weighted by molar-refractivity contribution is 6.17. The fourth-order valence-corrected chi connectivity index (χ4v) is 3.36. The molecule has 0 unspecified atom stereocenters. The van der Waals surface area contributed by atoms with Crippen molar-refractivity contribution >= 4 is 22.2 Å². The number of hydrazone groups is 1. The Labute approximate surface area is 107 Å². The molecule has 0 bridgehead atoms. The Kier molecular flexibility index (Phi) is 1.88. The van der Waals surface area contributed by atoms with Gasteiger partial charge in [0.25, 0.3) is 0 Å². The predicted octanol–water partition coefficient (Wildman–Crippen LogP) is 3.50. The molecule has 90 valence electrons. The molecule has 2 heteroatoms. The van der Waals surface area contributed by atoms with Crippen molar-refractivity contribution in [1.29, 1.82) is 0 Å². The van der Waals surface area contributed by atoms with E-state index < -0.39 is 0 Å². The van der Waals surface area contributed by atoms with Crippen molar-refractivity contribution in [3.05, 3.63) is 41.0 Å². The minimum absolute atomic E-state index is 0.926. The van der Waals surface area contributed by atoms with Gasteiger partial charge in [-0.2, -0.15) is 5.10 Å². The van der Waals surface area contributed by atoms with Crippen LogP contribution in [0.1, 0.15) is 30.5 Å². The molecule has 2 aliphatic rings. The lowest BCUT2D eigenvalue weighted by molar-refractivity contribution is 0.892. The topological polar surface area (TPSA) is 15.6 Å². The molecule has 0 N–H and O–H groups in total. The van der Waals surface area contributed by atoms with Gasteiger partial charge < -0.3 is 0 Å². The van der Waals surface area contributed by atoms with E-state index in [1.54, 1.807) is 0 Å². The number of benzene rings is 2. The minimum Gasteiger partial charge on any atom is -0.265 e. The van der Waals surface area contributed by atoms with E-state index in [0.29, 0.717) is 0 Å². The number of aryl methyl sites for hydroxylation is 2. The molecule has 0 atom stereocenters. The third-order valence-electron chi connectivity index (χ3n) is 4.21. The number of hydrogen-bond acceptors (Lipinski definition) is 2. The summed E-state index contributed by atoms with van der Waals surface area (Å²) >= 11 is 0. The first-order valence-corrected chi connectivity index (χ1v) is 6.70. The molecule has 0 saturated heterocycles. The summed E-state index contributed by atoms with van der Waals surface area (Å²) in [6.07, 6.45) is 2.38. The highest BCUT2D eigenvalue weighted by Gasteiger charge is 2.24. The predicted molar refractivity (Wildman–Crippen MR) is 76.6 cm³/mol. The summed E-state index contributed by atoms with van der Waals surface area (Å²) in [4.78, 5) is 0. The third-order valence-corrected chi connectivity index (χ3v) is 4.21. The van der Waals surface area contributed by atoms with Crippen LogP contribution in [0.5, 0.6) is 0 Å².